The van der Waals surface area contributed by atoms with Crippen LogP contribution in [-0.2, 0) is 17.4 Å². The van der Waals surface area contributed by atoms with Crippen molar-refractivity contribution in [2.75, 3.05) is 0 Å². The molecular weight excluding hydrogens is 92.0 g/mol. The van der Waals surface area contributed by atoms with Gasteiger partial charge >= 0.3 is 17.4 Å². The Morgan fingerprint density at radius 2 is 1.25 bits per heavy atom. The van der Waals surface area contributed by atoms with Gasteiger partial charge in [0.05, 0.1) is 0 Å². The van der Waals surface area contributed by atoms with Crippen LogP contribution in [0.15, 0.2) is 0 Å². The Hall–Kier alpha value is 0.492. The summed E-state index contributed by atoms with van der Waals surface area (Å²) >= 11 is 0. The molecule has 0 aliphatic carbocycles. The minimum Gasteiger partial charge on any atom is -0.569 e. The minimum atomic E-state index is 0. The summed E-state index contributed by atoms with van der Waals surface area (Å²) in [6.07, 6.45) is 0. The average Bonchev–Trinajstić information content (AvgIpc) is 1.00. The Morgan fingerprint density at radius 1 is 1.25 bits per heavy atom. The summed E-state index contributed by atoms with van der Waals surface area (Å²) in [5, 5.41) is 6.75. The molecule has 0 heterocycles. The van der Waals surface area contributed by atoms with E-state index < -0.39 is 0 Å². The smallest absolute Gasteiger partial charge is 0.569 e. The second kappa shape index (κ2) is 89.5. The normalized spacial score (nSPS) is 1.50. The molecule has 0 bridgehead atoms. The SMILES string of the molecule is [CH2-]O.[CH3-].[Cr+2]. The summed E-state index contributed by atoms with van der Waals surface area (Å²) in [5.41, 5.74) is 0. The second-order valence-electron chi connectivity index (χ2n) is 0. The van der Waals surface area contributed by atoms with E-state index in [1.165, 1.54) is 0 Å². The molecule has 4 heavy (non-hydrogen) atoms. The van der Waals surface area contributed by atoms with E-state index in [0.717, 1.165) is 0 Å². The summed E-state index contributed by atoms with van der Waals surface area (Å²) in [4.78, 5) is 0. The van der Waals surface area contributed by atoms with Gasteiger partial charge in [-0.1, -0.05) is 0 Å². The monoisotopic (exact) mass is 98.0 g/mol. The number of aliphatic hydroxyl groups excluding tert-OH is 1. The van der Waals surface area contributed by atoms with E-state index in [-0.39, 0.29) is 24.8 Å². The average molecular weight is 98.1 g/mol. The van der Waals surface area contributed by atoms with Crippen LogP contribution >= 0.6 is 0 Å². The molecule has 0 saturated carbocycles. The summed E-state index contributed by atoms with van der Waals surface area (Å²) in [6, 6.07) is 0. The van der Waals surface area contributed by atoms with Crippen molar-refractivity contribution < 1.29 is 22.5 Å². The van der Waals surface area contributed by atoms with Gasteiger partial charge in [0.2, 0.25) is 0 Å². The van der Waals surface area contributed by atoms with Crippen molar-refractivity contribution >= 4 is 0 Å². The molecule has 0 saturated heterocycles. The fraction of sp³-hybridized carbons (Fsp3) is 0. The molecule has 26 valence electrons. The fourth-order valence-corrected chi connectivity index (χ4v) is 0. The Labute approximate surface area is 37.8 Å². The van der Waals surface area contributed by atoms with Gasteiger partial charge in [-0.2, -0.15) is 0 Å². The van der Waals surface area contributed by atoms with Crippen molar-refractivity contribution in [1.82, 2.24) is 0 Å². The number of aliphatic hydroxyl groups is 1. The zero-order valence-electron chi connectivity index (χ0n) is 2.56. The van der Waals surface area contributed by atoms with Gasteiger partial charge in [0.25, 0.3) is 0 Å². The molecule has 1 nitrogen and oxygen atoms in total. The predicted molar refractivity (Wildman–Crippen MR) is 13.7 cm³/mol. The fourth-order valence-electron chi connectivity index (χ4n) is 0. The van der Waals surface area contributed by atoms with Crippen LogP contribution in [0.2, 0.25) is 0 Å². The molecule has 0 aliphatic rings. The first-order valence-corrected chi connectivity index (χ1v) is 0.316. The third-order valence-corrected chi connectivity index (χ3v) is 0. The van der Waals surface area contributed by atoms with Crippen LogP contribution in [0.3, 0.4) is 0 Å². The molecule has 0 aliphatic heterocycles. The van der Waals surface area contributed by atoms with E-state index in [4.69, 9.17) is 5.11 Å². The van der Waals surface area contributed by atoms with Gasteiger partial charge in [-0.3, -0.25) is 0 Å². The van der Waals surface area contributed by atoms with E-state index in [9.17, 15) is 0 Å². The number of rotatable bonds is 0. The van der Waals surface area contributed by atoms with E-state index in [1.807, 2.05) is 0 Å². The molecule has 0 aromatic heterocycles. The zero-order chi connectivity index (χ0) is 2.00. The van der Waals surface area contributed by atoms with Gasteiger partial charge in [0.1, 0.15) is 0 Å². The molecule has 0 aromatic carbocycles. The maximum Gasteiger partial charge on any atom is 2.00 e. The minimum absolute atomic E-state index is 0. The first kappa shape index (κ1) is 24.6. The molecular formula is C2H6CrO. The number of hydrogen-bond donors (Lipinski definition) is 1. The van der Waals surface area contributed by atoms with Crippen LogP contribution < -0.4 is 0 Å². The van der Waals surface area contributed by atoms with Crippen LogP contribution in [0.5, 0.6) is 0 Å². The first-order chi connectivity index (χ1) is 1.00. The first-order valence-electron chi connectivity index (χ1n) is 0.316. The molecule has 0 amide bonds. The largest absolute Gasteiger partial charge is 2.00 e. The molecule has 0 unspecified atom stereocenters. The third-order valence-electron chi connectivity index (χ3n) is 0. The van der Waals surface area contributed by atoms with Gasteiger partial charge in [-0.25, -0.2) is 7.11 Å². The molecule has 0 aromatic rings. The molecule has 0 rings (SSSR count). The maximum atomic E-state index is 6.75. The quantitative estimate of drug-likeness (QED) is 0.440. The van der Waals surface area contributed by atoms with Gasteiger partial charge in [0, 0.05) is 0 Å². The van der Waals surface area contributed by atoms with Crippen molar-refractivity contribution in [2.24, 2.45) is 0 Å². The van der Waals surface area contributed by atoms with E-state index in [2.05, 4.69) is 7.11 Å². The molecule has 0 fully saturated rings. The molecule has 1 N–H and O–H groups in total. The van der Waals surface area contributed by atoms with E-state index in [1.54, 1.807) is 0 Å². The number of hydrogen-bond acceptors (Lipinski definition) is 1. The van der Waals surface area contributed by atoms with Crippen molar-refractivity contribution in [1.29, 1.82) is 0 Å². The van der Waals surface area contributed by atoms with Crippen LogP contribution in [-0.4, -0.2) is 5.11 Å². The van der Waals surface area contributed by atoms with Gasteiger partial charge in [-0.05, 0) is 0 Å². The van der Waals surface area contributed by atoms with Crippen molar-refractivity contribution in [3.63, 3.8) is 0 Å². The van der Waals surface area contributed by atoms with Gasteiger partial charge in [-0.15, -0.1) is 0 Å². The van der Waals surface area contributed by atoms with Crippen LogP contribution in [0.25, 0.3) is 0 Å². The van der Waals surface area contributed by atoms with Gasteiger partial charge < -0.3 is 12.5 Å². The summed E-state index contributed by atoms with van der Waals surface area (Å²) < 4.78 is 0. The summed E-state index contributed by atoms with van der Waals surface area (Å²) in [6.45, 7) is 0. The third kappa shape index (κ3) is 22.9. The van der Waals surface area contributed by atoms with Crippen LogP contribution in [0.4, 0.5) is 0 Å². The zero-order valence-corrected chi connectivity index (χ0v) is 3.84. The molecule has 0 radical (unpaired) electrons. The Balaban J connectivity index is -0.00000000500. The maximum absolute atomic E-state index is 6.75. The molecule has 2 heteroatoms. The summed E-state index contributed by atoms with van der Waals surface area (Å²) in [5.74, 6) is 0. The topological polar surface area (TPSA) is 20.2 Å². The Kier molecular flexibility index (Phi) is 550. The van der Waals surface area contributed by atoms with Crippen LogP contribution in [0.1, 0.15) is 0 Å². The standard InChI is InChI=1S/CH3O.CH3.Cr/c1-2;;/h2H,1H2;1H3;/q2*-1;+2. The predicted octanol–water partition coefficient (Wildman–Crippen LogP) is 0.598. The molecule has 0 spiro atoms. The van der Waals surface area contributed by atoms with Crippen molar-refractivity contribution in [3.8, 4) is 0 Å². The van der Waals surface area contributed by atoms with Crippen LogP contribution in [0, 0.1) is 14.5 Å². The molecule has 0 atom stereocenters. The van der Waals surface area contributed by atoms with Crippen molar-refractivity contribution in [2.45, 2.75) is 0 Å². The Bertz CT molecular complexity index is 6.00. The van der Waals surface area contributed by atoms with E-state index in [0.29, 0.717) is 0 Å². The van der Waals surface area contributed by atoms with E-state index >= 15 is 0 Å². The van der Waals surface area contributed by atoms with Crippen molar-refractivity contribution in [3.05, 3.63) is 14.5 Å². The summed E-state index contributed by atoms with van der Waals surface area (Å²) in [7, 11) is 2.25. The van der Waals surface area contributed by atoms with Gasteiger partial charge in [0.15, 0.2) is 0 Å². The Morgan fingerprint density at radius 3 is 1.25 bits per heavy atom. The second-order valence-corrected chi connectivity index (χ2v) is 0.